The molecule has 0 spiro atoms. The standard InChI is InChI=1S/C24H32ClN5O3S/c1-16(2)8-9-26-22(31)15-34-24-27-20(25)13-21(28-24)29-10-11-30(17(3)14-29)23(32)18-6-5-7-19(12-18)33-4/h5-7,12-13,16-17H,8-11,14-15H2,1-4H3,(H,26,31). The summed E-state index contributed by atoms with van der Waals surface area (Å²) in [4.78, 5) is 38.0. The fourth-order valence-corrected chi connectivity index (χ4v) is 4.59. The van der Waals surface area contributed by atoms with Gasteiger partial charge in [0.15, 0.2) is 5.16 Å². The molecule has 0 bridgehead atoms. The monoisotopic (exact) mass is 505 g/mol. The van der Waals surface area contributed by atoms with E-state index in [1.54, 1.807) is 25.3 Å². The van der Waals surface area contributed by atoms with Crippen LogP contribution in [-0.2, 0) is 4.79 Å². The van der Waals surface area contributed by atoms with Crippen LogP contribution in [0.4, 0.5) is 5.82 Å². The molecule has 3 rings (SSSR count). The first kappa shape index (κ1) is 26.1. The molecule has 2 aromatic rings. The average molecular weight is 506 g/mol. The number of rotatable bonds is 9. The van der Waals surface area contributed by atoms with Crippen LogP contribution >= 0.6 is 23.4 Å². The van der Waals surface area contributed by atoms with E-state index >= 15 is 0 Å². The van der Waals surface area contributed by atoms with Crippen molar-refractivity contribution in [2.45, 2.75) is 38.4 Å². The highest BCUT2D eigenvalue weighted by molar-refractivity contribution is 7.99. The van der Waals surface area contributed by atoms with Gasteiger partial charge in [0.25, 0.3) is 5.91 Å². The van der Waals surface area contributed by atoms with Crippen LogP contribution in [0, 0.1) is 5.92 Å². The van der Waals surface area contributed by atoms with Gasteiger partial charge in [0.2, 0.25) is 5.91 Å². The molecule has 1 aromatic carbocycles. The molecule has 0 aliphatic carbocycles. The minimum absolute atomic E-state index is 0.0218. The van der Waals surface area contributed by atoms with Crippen LogP contribution in [0.2, 0.25) is 5.15 Å². The molecular formula is C24H32ClN5O3S. The summed E-state index contributed by atoms with van der Waals surface area (Å²) in [5.74, 6) is 2.06. The van der Waals surface area contributed by atoms with Gasteiger partial charge < -0.3 is 19.9 Å². The van der Waals surface area contributed by atoms with Crippen LogP contribution in [0.25, 0.3) is 0 Å². The first-order chi connectivity index (χ1) is 16.3. The van der Waals surface area contributed by atoms with E-state index in [1.807, 2.05) is 24.0 Å². The lowest BCUT2D eigenvalue weighted by Crippen LogP contribution is -2.54. The Balaban J connectivity index is 1.60. The maximum Gasteiger partial charge on any atom is 0.254 e. The van der Waals surface area contributed by atoms with E-state index in [4.69, 9.17) is 16.3 Å². The van der Waals surface area contributed by atoms with Gasteiger partial charge in [0, 0.05) is 43.9 Å². The molecule has 0 radical (unpaired) electrons. The van der Waals surface area contributed by atoms with E-state index in [0.29, 0.717) is 59.5 Å². The summed E-state index contributed by atoms with van der Waals surface area (Å²) >= 11 is 7.52. The lowest BCUT2D eigenvalue weighted by Gasteiger charge is -2.40. The van der Waals surface area contributed by atoms with Crippen molar-refractivity contribution in [3.05, 3.63) is 41.0 Å². The highest BCUT2D eigenvalue weighted by Gasteiger charge is 2.29. The normalized spacial score (nSPS) is 16.0. The maximum atomic E-state index is 13.1. The Bertz CT molecular complexity index is 1010. The van der Waals surface area contributed by atoms with Crippen molar-refractivity contribution in [1.29, 1.82) is 0 Å². The summed E-state index contributed by atoms with van der Waals surface area (Å²) in [6.45, 7) is 8.71. The number of piperazine rings is 1. The van der Waals surface area contributed by atoms with E-state index in [2.05, 4.69) is 34.0 Å². The number of nitrogens with zero attached hydrogens (tertiary/aromatic N) is 4. The fourth-order valence-electron chi connectivity index (χ4n) is 3.68. The van der Waals surface area contributed by atoms with E-state index in [9.17, 15) is 9.59 Å². The number of thioether (sulfide) groups is 1. The molecule has 0 saturated carbocycles. The SMILES string of the molecule is COc1cccc(C(=O)N2CCN(c3cc(Cl)nc(SCC(=O)NCCC(C)C)n3)CC2C)c1. The molecule has 1 aliphatic rings. The highest BCUT2D eigenvalue weighted by atomic mass is 35.5. The van der Waals surface area contributed by atoms with Gasteiger partial charge in [-0.25, -0.2) is 9.97 Å². The molecule has 1 fully saturated rings. The quantitative estimate of drug-likeness (QED) is 0.315. The van der Waals surface area contributed by atoms with Crippen molar-refractivity contribution >= 4 is 41.0 Å². The first-order valence-corrected chi connectivity index (χ1v) is 12.8. The number of ether oxygens (including phenoxy) is 1. The van der Waals surface area contributed by atoms with E-state index in [0.717, 1.165) is 6.42 Å². The number of carbonyl (C=O) groups is 2. The number of aromatic nitrogens is 2. The van der Waals surface area contributed by atoms with Crippen molar-refractivity contribution in [2.24, 2.45) is 5.92 Å². The number of hydrogen-bond acceptors (Lipinski definition) is 7. The van der Waals surface area contributed by atoms with E-state index in [1.165, 1.54) is 11.8 Å². The second kappa shape index (κ2) is 12.3. The van der Waals surface area contributed by atoms with Gasteiger partial charge >= 0.3 is 0 Å². The zero-order valence-corrected chi connectivity index (χ0v) is 21.7. The number of anilines is 1. The van der Waals surface area contributed by atoms with Crippen molar-refractivity contribution in [3.63, 3.8) is 0 Å². The second-order valence-corrected chi connectivity index (χ2v) is 10.0. The average Bonchev–Trinajstić information content (AvgIpc) is 2.81. The minimum atomic E-state index is -0.0472. The number of nitrogens with one attached hydrogen (secondary N) is 1. The van der Waals surface area contributed by atoms with Gasteiger partial charge in [-0.1, -0.05) is 43.3 Å². The lowest BCUT2D eigenvalue weighted by atomic mass is 10.1. The molecule has 184 valence electrons. The minimum Gasteiger partial charge on any atom is -0.497 e. The van der Waals surface area contributed by atoms with Gasteiger partial charge in [-0.15, -0.1) is 0 Å². The molecule has 8 nitrogen and oxygen atoms in total. The lowest BCUT2D eigenvalue weighted by molar-refractivity contribution is -0.118. The topological polar surface area (TPSA) is 87.7 Å². The summed E-state index contributed by atoms with van der Waals surface area (Å²) in [6.07, 6.45) is 0.943. The van der Waals surface area contributed by atoms with Crippen LogP contribution in [0.5, 0.6) is 5.75 Å². The molecule has 1 aromatic heterocycles. The summed E-state index contributed by atoms with van der Waals surface area (Å²) in [7, 11) is 1.59. The summed E-state index contributed by atoms with van der Waals surface area (Å²) < 4.78 is 5.25. The number of hydrogen-bond donors (Lipinski definition) is 1. The Labute approximate surface area is 210 Å². The molecule has 1 aliphatic heterocycles. The van der Waals surface area contributed by atoms with Crippen LogP contribution in [-0.4, -0.2) is 71.8 Å². The molecule has 1 saturated heterocycles. The summed E-state index contributed by atoms with van der Waals surface area (Å²) in [5.41, 5.74) is 0.607. The molecular weight excluding hydrogens is 474 g/mol. The maximum absolute atomic E-state index is 13.1. The first-order valence-electron chi connectivity index (χ1n) is 11.4. The summed E-state index contributed by atoms with van der Waals surface area (Å²) in [5, 5.41) is 3.71. The molecule has 1 unspecified atom stereocenters. The van der Waals surface area contributed by atoms with Crippen LogP contribution in [0.1, 0.15) is 37.6 Å². The Kier molecular flexibility index (Phi) is 9.41. The van der Waals surface area contributed by atoms with Gasteiger partial charge in [0.1, 0.15) is 16.7 Å². The predicted octanol–water partition coefficient (Wildman–Crippen LogP) is 3.74. The van der Waals surface area contributed by atoms with E-state index < -0.39 is 0 Å². The van der Waals surface area contributed by atoms with Crippen molar-refractivity contribution < 1.29 is 14.3 Å². The molecule has 10 heteroatoms. The number of carbonyl (C=O) groups excluding carboxylic acids is 2. The number of benzene rings is 1. The smallest absolute Gasteiger partial charge is 0.254 e. The fraction of sp³-hybridized carbons (Fsp3) is 0.500. The van der Waals surface area contributed by atoms with Crippen LogP contribution < -0.4 is 15.0 Å². The Morgan fingerprint density at radius 2 is 2.06 bits per heavy atom. The molecule has 34 heavy (non-hydrogen) atoms. The van der Waals surface area contributed by atoms with E-state index in [-0.39, 0.29) is 23.6 Å². The number of methoxy groups -OCH3 is 1. The highest BCUT2D eigenvalue weighted by Crippen LogP contribution is 2.25. The zero-order valence-electron chi connectivity index (χ0n) is 20.1. The predicted molar refractivity (Wildman–Crippen MR) is 136 cm³/mol. The zero-order chi connectivity index (χ0) is 24.7. The third-order valence-electron chi connectivity index (χ3n) is 5.57. The largest absolute Gasteiger partial charge is 0.497 e. The Hall–Kier alpha value is -2.52. The Morgan fingerprint density at radius 1 is 1.26 bits per heavy atom. The third kappa shape index (κ3) is 7.24. The molecule has 2 heterocycles. The number of halogens is 1. The van der Waals surface area contributed by atoms with Crippen LogP contribution in [0.3, 0.4) is 0 Å². The second-order valence-electron chi connectivity index (χ2n) is 8.68. The van der Waals surface area contributed by atoms with Gasteiger partial charge in [-0.05, 0) is 37.5 Å². The van der Waals surface area contributed by atoms with Gasteiger partial charge in [0.05, 0.1) is 12.9 Å². The van der Waals surface area contributed by atoms with Crippen LogP contribution in [0.15, 0.2) is 35.5 Å². The van der Waals surface area contributed by atoms with Gasteiger partial charge in [-0.2, -0.15) is 0 Å². The Morgan fingerprint density at radius 3 is 2.76 bits per heavy atom. The number of amides is 2. The molecule has 1 atom stereocenters. The van der Waals surface area contributed by atoms with Gasteiger partial charge in [-0.3, -0.25) is 9.59 Å². The van der Waals surface area contributed by atoms with Crippen molar-refractivity contribution in [3.8, 4) is 5.75 Å². The third-order valence-corrected chi connectivity index (χ3v) is 6.61. The summed E-state index contributed by atoms with van der Waals surface area (Å²) in [6, 6.07) is 8.90. The molecule has 1 N–H and O–H groups in total. The molecule has 2 amide bonds. The van der Waals surface area contributed by atoms with Crippen molar-refractivity contribution in [1.82, 2.24) is 20.2 Å². The van der Waals surface area contributed by atoms with Crippen molar-refractivity contribution in [2.75, 3.05) is 43.9 Å².